The third-order valence-electron chi connectivity index (χ3n) is 7.73. The summed E-state index contributed by atoms with van der Waals surface area (Å²) in [5.41, 5.74) is 0.0406. The molecule has 10 nitrogen and oxygen atoms in total. The Kier molecular flexibility index (Phi) is 8.27. The topological polar surface area (TPSA) is 122 Å². The van der Waals surface area contributed by atoms with Crippen LogP contribution >= 0.6 is 0 Å². The highest BCUT2D eigenvalue weighted by Crippen LogP contribution is 2.39. The average Bonchev–Trinajstić information content (AvgIpc) is 3.28. The predicted octanol–water partition coefficient (Wildman–Crippen LogP) is 4.37. The number of amidine groups is 1. The van der Waals surface area contributed by atoms with Crippen LogP contribution in [-0.2, 0) is 15.7 Å². The van der Waals surface area contributed by atoms with Crippen molar-refractivity contribution >= 4 is 29.7 Å². The number of aromatic nitrogens is 1. The zero-order valence-electron chi connectivity index (χ0n) is 23.4. The van der Waals surface area contributed by atoms with Crippen LogP contribution < -0.4 is 11.2 Å². The molecule has 3 N–H and O–H groups in total. The molecular weight excluding hydrogens is 570 g/mol. The number of pyridine rings is 1. The fourth-order valence-corrected chi connectivity index (χ4v) is 5.40. The molecule has 2 aromatic rings. The number of nitrogens with two attached hydrogens (primary N) is 1. The fraction of sp³-hybridized carbons (Fsp3) is 0.345. The van der Waals surface area contributed by atoms with Gasteiger partial charge >= 0.3 is 6.18 Å². The number of ether oxygens (including phenoxy) is 1. The molecule has 3 aliphatic heterocycles. The van der Waals surface area contributed by atoms with Gasteiger partial charge in [-0.25, -0.2) is 9.37 Å². The van der Waals surface area contributed by atoms with Crippen LogP contribution in [0.3, 0.4) is 0 Å². The van der Waals surface area contributed by atoms with Crippen molar-refractivity contribution in [2.45, 2.75) is 38.4 Å². The van der Waals surface area contributed by atoms with Gasteiger partial charge in [-0.05, 0) is 50.1 Å². The van der Waals surface area contributed by atoms with Gasteiger partial charge < -0.3 is 15.0 Å². The first-order chi connectivity index (χ1) is 20.4. The molecule has 1 unspecified atom stereocenters. The number of likely N-dealkylation sites (tertiary alicyclic amines) is 1. The summed E-state index contributed by atoms with van der Waals surface area (Å²) in [4.78, 5) is 40.2. The first-order valence-corrected chi connectivity index (χ1v) is 13.6. The number of methoxy groups -OCH3 is 1. The van der Waals surface area contributed by atoms with Crippen LogP contribution in [0.15, 0.2) is 70.3 Å². The number of piperidine rings is 1. The number of nitrogens with one attached hydrogen (secondary N) is 1. The molecule has 226 valence electrons. The van der Waals surface area contributed by atoms with E-state index < -0.39 is 28.1 Å². The van der Waals surface area contributed by atoms with Gasteiger partial charge in [-0.1, -0.05) is 0 Å². The van der Waals surface area contributed by atoms with E-state index in [1.165, 1.54) is 25.4 Å². The van der Waals surface area contributed by atoms with E-state index in [9.17, 15) is 22.8 Å². The average molecular weight is 601 g/mol. The summed E-state index contributed by atoms with van der Waals surface area (Å²) in [5.74, 6) is 4.74. The SMILES string of the molecule is COCCC(=O)N1C[C@H](C2=C3C=NC=C[N+]3(N)C(c3ccc(C(=O)Nc4cc(C(F)(F)F)ccn4)cc3F)=N2)CC[C@@H]1C. The molecule has 1 fully saturated rings. The molecule has 0 aliphatic carbocycles. The van der Waals surface area contributed by atoms with Gasteiger partial charge in [0, 0.05) is 37.4 Å². The van der Waals surface area contributed by atoms with Crippen molar-refractivity contribution in [2.75, 3.05) is 25.6 Å². The fourth-order valence-electron chi connectivity index (χ4n) is 5.40. The van der Waals surface area contributed by atoms with Crippen LogP contribution in [0.4, 0.5) is 23.4 Å². The lowest BCUT2D eigenvalue weighted by atomic mass is 9.90. The minimum Gasteiger partial charge on any atom is -0.384 e. The Morgan fingerprint density at radius 2 is 2.00 bits per heavy atom. The number of rotatable bonds is 7. The zero-order chi connectivity index (χ0) is 30.9. The highest BCUT2D eigenvalue weighted by Gasteiger charge is 2.47. The number of hydrogen-bond acceptors (Lipinski definition) is 7. The van der Waals surface area contributed by atoms with Crippen molar-refractivity contribution in [3.8, 4) is 0 Å². The largest absolute Gasteiger partial charge is 0.416 e. The number of hydrogen-bond donors (Lipinski definition) is 2. The minimum atomic E-state index is -4.62. The van der Waals surface area contributed by atoms with E-state index >= 15 is 4.39 Å². The Bertz CT molecular complexity index is 1570. The second-order valence-electron chi connectivity index (χ2n) is 10.5. The van der Waals surface area contributed by atoms with E-state index in [4.69, 9.17) is 15.6 Å². The minimum absolute atomic E-state index is 0.0286. The summed E-state index contributed by atoms with van der Waals surface area (Å²) in [5, 5.41) is 2.27. The van der Waals surface area contributed by atoms with Crippen molar-refractivity contribution in [1.29, 1.82) is 0 Å². The van der Waals surface area contributed by atoms with Crippen LogP contribution in [0.2, 0.25) is 0 Å². The van der Waals surface area contributed by atoms with E-state index in [1.807, 2.05) is 11.8 Å². The van der Waals surface area contributed by atoms with Gasteiger partial charge in [0.1, 0.15) is 23.5 Å². The Morgan fingerprint density at radius 3 is 2.72 bits per heavy atom. The number of halogens is 4. The number of aliphatic imine (C=N–C) groups is 2. The van der Waals surface area contributed by atoms with Gasteiger partial charge in [0.05, 0.1) is 36.6 Å². The Labute approximate surface area is 244 Å². The molecule has 4 heterocycles. The van der Waals surface area contributed by atoms with Crippen LogP contribution in [-0.4, -0.2) is 64.6 Å². The number of benzene rings is 1. The lowest BCUT2D eigenvalue weighted by Crippen LogP contribution is -2.53. The lowest BCUT2D eigenvalue weighted by Gasteiger charge is -2.38. The molecule has 0 radical (unpaired) electrons. The Balaban J connectivity index is 1.41. The number of nitrogens with zero attached hydrogens (tertiary/aromatic N) is 5. The Hall–Kier alpha value is -4.27. The van der Waals surface area contributed by atoms with Crippen molar-refractivity contribution in [3.63, 3.8) is 0 Å². The molecule has 1 saturated heterocycles. The van der Waals surface area contributed by atoms with E-state index in [0.29, 0.717) is 30.6 Å². The third kappa shape index (κ3) is 5.98. The smallest absolute Gasteiger partial charge is 0.384 e. The quantitative estimate of drug-likeness (QED) is 0.278. The van der Waals surface area contributed by atoms with Crippen molar-refractivity contribution < 1.29 is 36.5 Å². The van der Waals surface area contributed by atoms with E-state index in [1.54, 1.807) is 12.4 Å². The summed E-state index contributed by atoms with van der Waals surface area (Å²) < 4.78 is 59.3. The van der Waals surface area contributed by atoms with Crippen LogP contribution in [0.1, 0.15) is 47.7 Å². The second-order valence-corrected chi connectivity index (χ2v) is 10.5. The monoisotopic (exact) mass is 600 g/mol. The van der Waals surface area contributed by atoms with Crippen LogP contribution in [0, 0.1) is 11.7 Å². The van der Waals surface area contributed by atoms with Gasteiger partial charge in [-0.3, -0.25) is 14.6 Å². The molecule has 43 heavy (non-hydrogen) atoms. The van der Waals surface area contributed by atoms with Crippen LogP contribution in [0.5, 0.6) is 0 Å². The summed E-state index contributed by atoms with van der Waals surface area (Å²) in [6, 6.07) is 5.14. The number of alkyl halides is 3. The highest BCUT2D eigenvalue weighted by atomic mass is 19.4. The number of quaternary nitrogens is 1. The molecule has 3 aliphatic rings. The van der Waals surface area contributed by atoms with E-state index in [2.05, 4.69) is 15.3 Å². The van der Waals surface area contributed by atoms with Gasteiger partial charge in [0.2, 0.25) is 11.6 Å². The molecule has 1 aromatic carbocycles. The molecular formula is C29H30F4N7O3+. The molecule has 1 aromatic heterocycles. The molecule has 0 spiro atoms. The molecule has 0 bridgehead atoms. The molecule has 3 atom stereocenters. The maximum atomic E-state index is 15.6. The van der Waals surface area contributed by atoms with E-state index in [-0.39, 0.29) is 47.1 Å². The van der Waals surface area contributed by atoms with Gasteiger partial charge in [0.15, 0.2) is 0 Å². The summed E-state index contributed by atoms with van der Waals surface area (Å²) in [6.45, 7) is 2.71. The second kappa shape index (κ2) is 11.8. The van der Waals surface area contributed by atoms with Gasteiger partial charge in [0.25, 0.3) is 11.7 Å². The zero-order valence-corrected chi connectivity index (χ0v) is 23.4. The van der Waals surface area contributed by atoms with Crippen LogP contribution in [0.25, 0.3) is 0 Å². The highest BCUT2D eigenvalue weighted by molar-refractivity contribution is 6.05. The summed E-state index contributed by atoms with van der Waals surface area (Å²) in [7, 11) is 1.54. The Morgan fingerprint density at radius 1 is 1.21 bits per heavy atom. The summed E-state index contributed by atoms with van der Waals surface area (Å²) >= 11 is 0. The predicted molar refractivity (Wildman–Crippen MR) is 150 cm³/mol. The lowest BCUT2D eigenvalue weighted by molar-refractivity contribution is -0.750. The van der Waals surface area contributed by atoms with Crippen molar-refractivity contribution in [2.24, 2.45) is 21.7 Å². The van der Waals surface area contributed by atoms with Crippen molar-refractivity contribution in [3.05, 3.63) is 82.8 Å². The molecule has 0 saturated carbocycles. The van der Waals surface area contributed by atoms with Gasteiger partial charge in [-0.15, -0.1) is 4.59 Å². The number of carbonyl (C=O) groups excluding carboxylic acids is 2. The molecule has 5 rings (SSSR count). The maximum absolute atomic E-state index is 15.6. The molecule has 2 amide bonds. The third-order valence-corrected chi connectivity index (χ3v) is 7.73. The number of amides is 2. The number of carbonyl (C=O) groups is 2. The molecule has 14 heteroatoms. The number of anilines is 1. The first-order valence-electron chi connectivity index (χ1n) is 13.6. The summed E-state index contributed by atoms with van der Waals surface area (Å²) in [6.07, 6.45) is 2.64. The standard InChI is InChI=1S/C29H29F4N7O3/c1-17-3-4-19(16-39(17)25(41)8-12-43-2)26-23-15-35-10-11-40(23,34)27(38-26)21-6-5-18(13-22(21)30)28(42)37-24-14-20(7-9-36-24)29(31,32)33/h5-7,9-11,13-15,17,19H,3-4,8,12,16,34H2,1-2H3/p+1/t17-,19+,40?/m0/s1. The van der Waals surface area contributed by atoms with E-state index in [0.717, 1.165) is 31.2 Å². The van der Waals surface area contributed by atoms with Crippen molar-refractivity contribution in [1.82, 2.24) is 9.88 Å². The normalized spacial score (nSPS) is 23.3. The maximum Gasteiger partial charge on any atom is 0.416 e. The number of allylic oxidation sites excluding steroid dienone is 1. The number of fused-ring (bicyclic) bond motifs is 1. The van der Waals surface area contributed by atoms with Gasteiger partial charge in [-0.2, -0.15) is 24.0 Å². The first kappa shape index (κ1) is 30.2.